The smallest absolute Gasteiger partial charge is 0.240 e. The molecule has 1 aliphatic rings. The van der Waals surface area contributed by atoms with E-state index < -0.39 is 5.82 Å². The van der Waals surface area contributed by atoms with Gasteiger partial charge < -0.3 is 9.84 Å². The molecule has 0 atom stereocenters. The minimum absolute atomic E-state index is 0. The van der Waals surface area contributed by atoms with Crippen LogP contribution in [0.2, 0.25) is 5.02 Å². The Morgan fingerprint density at radius 1 is 1.33 bits per heavy atom. The largest absolute Gasteiger partial charge is 0.338 e. The van der Waals surface area contributed by atoms with Gasteiger partial charge in [0.1, 0.15) is 5.82 Å². The highest BCUT2D eigenvalue weighted by Gasteiger charge is 2.17. The fraction of sp³-hybridized carbons (Fsp3) is 0.429. The summed E-state index contributed by atoms with van der Waals surface area (Å²) in [6.45, 7) is 0.532. The Hall–Kier alpha value is -1.17. The molecule has 1 fully saturated rings. The first-order chi connectivity index (χ1) is 9.74. The fourth-order valence-corrected chi connectivity index (χ4v) is 2.68. The van der Waals surface area contributed by atoms with Crippen molar-refractivity contribution in [3.8, 4) is 11.4 Å². The van der Waals surface area contributed by atoms with Crippen LogP contribution in [0, 0.1) is 5.82 Å². The molecule has 1 aliphatic carbocycles. The summed E-state index contributed by atoms with van der Waals surface area (Å²) in [5.74, 6) is 0.324. The van der Waals surface area contributed by atoms with Crippen molar-refractivity contribution in [1.82, 2.24) is 15.5 Å². The molecule has 1 aromatic carbocycles. The van der Waals surface area contributed by atoms with E-state index in [-0.39, 0.29) is 17.4 Å². The average Bonchev–Trinajstić information content (AvgIpc) is 3.10. The van der Waals surface area contributed by atoms with Crippen molar-refractivity contribution in [2.75, 3.05) is 0 Å². The Morgan fingerprint density at radius 2 is 2.10 bits per heavy atom. The molecular formula is C14H16Cl2FN3O. The molecule has 1 aromatic heterocycles. The number of hydrogen-bond acceptors (Lipinski definition) is 4. The summed E-state index contributed by atoms with van der Waals surface area (Å²) in [5, 5.41) is 7.26. The third-order valence-corrected chi connectivity index (χ3v) is 3.94. The molecule has 114 valence electrons. The van der Waals surface area contributed by atoms with Crippen molar-refractivity contribution in [3.63, 3.8) is 0 Å². The van der Waals surface area contributed by atoms with E-state index >= 15 is 0 Å². The lowest BCUT2D eigenvalue weighted by atomic mass is 10.2. The van der Waals surface area contributed by atoms with Crippen LogP contribution in [0.3, 0.4) is 0 Å². The molecule has 4 nitrogen and oxygen atoms in total. The standard InChI is InChI=1S/C14H15ClFN3O.ClH/c15-13-10(6-3-7-11(13)16)14-18-12(20-19-14)8-17-9-4-1-2-5-9;/h3,6-7,9,17H,1-2,4-5,8H2;1H. The van der Waals surface area contributed by atoms with Gasteiger partial charge in [-0.2, -0.15) is 4.98 Å². The van der Waals surface area contributed by atoms with Gasteiger partial charge in [0, 0.05) is 11.6 Å². The molecule has 21 heavy (non-hydrogen) atoms. The van der Waals surface area contributed by atoms with E-state index in [1.807, 2.05) is 0 Å². The maximum absolute atomic E-state index is 13.4. The summed E-state index contributed by atoms with van der Waals surface area (Å²) in [5.41, 5.74) is 0.447. The van der Waals surface area contributed by atoms with E-state index in [2.05, 4.69) is 15.5 Å². The van der Waals surface area contributed by atoms with Gasteiger partial charge >= 0.3 is 0 Å². The van der Waals surface area contributed by atoms with E-state index in [4.69, 9.17) is 16.1 Å². The van der Waals surface area contributed by atoms with Gasteiger partial charge in [-0.1, -0.05) is 35.7 Å². The van der Waals surface area contributed by atoms with Crippen LogP contribution in [0.4, 0.5) is 4.39 Å². The highest BCUT2D eigenvalue weighted by molar-refractivity contribution is 6.33. The number of nitrogens with zero attached hydrogens (tertiary/aromatic N) is 2. The first-order valence-corrected chi connectivity index (χ1v) is 7.12. The van der Waals surface area contributed by atoms with Gasteiger partial charge in [-0.25, -0.2) is 4.39 Å². The summed E-state index contributed by atoms with van der Waals surface area (Å²) in [4.78, 5) is 4.25. The Bertz CT molecular complexity index is 600. The second-order valence-corrected chi connectivity index (χ2v) is 5.35. The second kappa shape index (κ2) is 7.20. The van der Waals surface area contributed by atoms with Crippen LogP contribution < -0.4 is 5.32 Å². The molecule has 0 radical (unpaired) electrons. The van der Waals surface area contributed by atoms with E-state index in [0.29, 0.717) is 29.9 Å². The second-order valence-electron chi connectivity index (χ2n) is 4.98. The Morgan fingerprint density at radius 3 is 2.86 bits per heavy atom. The van der Waals surface area contributed by atoms with Crippen molar-refractivity contribution < 1.29 is 8.91 Å². The van der Waals surface area contributed by atoms with Gasteiger partial charge in [0.05, 0.1) is 11.6 Å². The third-order valence-electron chi connectivity index (χ3n) is 3.56. The van der Waals surface area contributed by atoms with Crippen molar-refractivity contribution in [2.45, 2.75) is 38.3 Å². The van der Waals surface area contributed by atoms with Gasteiger partial charge in [-0.05, 0) is 25.0 Å². The topological polar surface area (TPSA) is 51.0 Å². The Kier molecular flexibility index (Phi) is 5.56. The number of benzene rings is 1. The predicted octanol–water partition coefficient (Wildman–Crippen LogP) is 3.98. The van der Waals surface area contributed by atoms with E-state index in [9.17, 15) is 4.39 Å². The van der Waals surface area contributed by atoms with E-state index in [0.717, 1.165) is 0 Å². The quantitative estimate of drug-likeness (QED) is 0.920. The molecule has 0 bridgehead atoms. The number of aromatic nitrogens is 2. The van der Waals surface area contributed by atoms with Gasteiger partial charge in [0.2, 0.25) is 11.7 Å². The molecule has 7 heteroatoms. The monoisotopic (exact) mass is 331 g/mol. The van der Waals surface area contributed by atoms with E-state index in [1.165, 1.54) is 31.7 Å². The van der Waals surface area contributed by atoms with Crippen LogP contribution in [0.5, 0.6) is 0 Å². The Balaban J connectivity index is 0.00000161. The molecule has 3 rings (SSSR count). The first kappa shape index (κ1) is 16.2. The number of halogens is 3. The van der Waals surface area contributed by atoms with Gasteiger partial charge in [0.25, 0.3) is 0 Å². The number of nitrogens with one attached hydrogen (secondary N) is 1. The van der Waals surface area contributed by atoms with Gasteiger partial charge in [-0.3, -0.25) is 0 Å². The lowest BCUT2D eigenvalue weighted by molar-refractivity contribution is 0.357. The lowest BCUT2D eigenvalue weighted by Crippen LogP contribution is -2.25. The van der Waals surface area contributed by atoms with Crippen LogP contribution >= 0.6 is 24.0 Å². The summed E-state index contributed by atoms with van der Waals surface area (Å²) < 4.78 is 18.6. The van der Waals surface area contributed by atoms with E-state index in [1.54, 1.807) is 12.1 Å². The number of hydrogen-bond donors (Lipinski definition) is 1. The first-order valence-electron chi connectivity index (χ1n) is 6.74. The van der Waals surface area contributed by atoms with Crippen LogP contribution in [-0.4, -0.2) is 16.2 Å². The third kappa shape index (κ3) is 3.73. The predicted molar refractivity (Wildman–Crippen MR) is 81.0 cm³/mol. The molecule has 1 saturated carbocycles. The molecule has 1 N–H and O–H groups in total. The van der Waals surface area contributed by atoms with Crippen LogP contribution in [0.15, 0.2) is 22.7 Å². The zero-order chi connectivity index (χ0) is 13.9. The fourth-order valence-electron chi connectivity index (χ4n) is 2.47. The molecule has 0 aliphatic heterocycles. The highest BCUT2D eigenvalue weighted by Crippen LogP contribution is 2.27. The minimum atomic E-state index is -0.486. The zero-order valence-electron chi connectivity index (χ0n) is 11.3. The van der Waals surface area contributed by atoms with Crippen LogP contribution in [-0.2, 0) is 6.54 Å². The van der Waals surface area contributed by atoms with Crippen LogP contribution in [0.1, 0.15) is 31.6 Å². The maximum Gasteiger partial charge on any atom is 0.240 e. The number of rotatable bonds is 4. The van der Waals surface area contributed by atoms with Crippen molar-refractivity contribution in [2.24, 2.45) is 0 Å². The normalized spacial score (nSPS) is 15.1. The molecule has 0 spiro atoms. The SMILES string of the molecule is Cl.Fc1cccc(-c2noc(CNC3CCCC3)n2)c1Cl. The summed E-state index contributed by atoms with van der Waals surface area (Å²) in [7, 11) is 0. The van der Waals surface area contributed by atoms with Crippen LogP contribution in [0.25, 0.3) is 11.4 Å². The summed E-state index contributed by atoms with van der Waals surface area (Å²) in [6, 6.07) is 5.07. The molecule has 0 saturated heterocycles. The molecular weight excluding hydrogens is 316 g/mol. The summed E-state index contributed by atoms with van der Waals surface area (Å²) in [6.07, 6.45) is 4.92. The minimum Gasteiger partial charge on any atom is -0.338 e. The van der Waals surface area contributed by atoms with Crippen molar-refractivity contribution in [3.05, 3.63) is 34.9 Å². The molecule has 1 heterocycles. The molecule has 0 amide bonds. The highest BCUT2D eigenvalue weighted by atomic mass is 35.5. The summed E-state index contributed by atoms with van der Waals surface area (Å²) >= 11 is 5.91. The average molecular weight is 332 g/mol. The van der Waals surface area contributed by atoms with Crippen molar-refractivity contribution >= 4 is 24.0 Å². The molecule has 0 unspecified atom stereocenters. The van der Waals surface area contributed by atoms with Crippen molar-refractivity contribution in [1.29, 1.82) is 0 Å². The van der Waals surface area contributed by atoms with Gasteiger partial charge in [-0.15, -0.1) is 12.4 Å². The van der Waals surface area contributed by atoms with Gasteiger partial charge in [0.15, 0.2) is 0 Å². The molecule has 2 aromatic rings. The Labute approximate surface area is 133 Å². The lowest BCUT2D eigenvalue weighted by Gasteiger charge is -2.08. The maximum atomic E-state index is 13.4. The zero-order valence-corrected chi connectivity index (χ0v) is 12.9.